The van der Waals surface area contributed by atoms with Crippen LogP contribution < -0.4 is 4.74 Å². The van der Waals surface area contributed by atoms with Gasteiger partial charge in [-0.05, 0) is 30.7 Å². The van der Waals surface area contributed by atoms with Gasteiger partial charge in [-0.25, -0.2) is 0 Å². The van der Waals surface area contributed by atoms with Crippen LogP contribution in [0.25, 0.3) is 0 Å². The molecule has 3 atom stereocenters. The Morgan fingerprint density at radius 2 is 2.33 bits per heavy atom. The number of rotatable bonds is 2. The summed E-state index contributed by atoms with van der Waals surface area (Å²) in [5.74, 6) is 1.15. The maximum Gasteiger partial charge on any atom is 0.317 e. The lowest BCUT2D eigenvalue weighted by atomic mass is 9.94. The Morgan fingerprint density at radius 3 is 2.93 bits per heavy atom. The summed E-state index contributed by atoms with van der Waals surface area (Å²) < 4.78 is 10.1. The average Bonchev–Trinajstić information content (AvgIpc) is 2.93. The summed E-state index contributed by atoms with van der Waals surface area (Å²) in [4.78, 5) is 11.8. The number of ether oxygens (including phenoxy) is 1. The van der Waals surface area contributed by atoms with E-state index in [1.165, 1.54) is 6.26 Å². The van der Waals surface area contributed by atoms with E-state index in [0.29, 0.717) is 17.8 Å². The molecule has 2 bridgehead atoms. The fraction of sp³-hybridized carbons (Fsp3) is 0.417. The third-order valence-corrected chi connectivity index (χ3v) is 3.28. The third-order valence-electron chi connectivity index (χ3n) is 3.28. The lowest BCUT2D eigenvalue weighted by Crippen LogP contribution is -2.23. The summed E-state index contributed by atoms with van der Waals surface area (Å²) in [5, 5.41) is 0. The topological polar surface area (TPSA) is 39.4 Å². The number of esters is 1. The second-order valence-electron chi connectivity index (χ2n) is 4.24. The van der Waals surface area contributed by atoms with Crippen molar-refractivity contribution >= 4 is 5.97 Å². The van der Waals surface area contributed by atoms with Gasteiger partial charge in [-0.1, -0.05) is 12.2 Å². The van der Waals surface area contributed by atoms with Gasteiger partial charge in [0.15, 0.2) is 0 Å². The number of fused-ring (bicyclic) bond motifs is 2. The van der Waals surface area contributed by atoms with Crippen LogP contribution in [0, 0.1) is 17.8 Å². The van der Waals surface area contributed by atoms with Crippen molar-refractivity contribution in [3.8, 4) is 5.95 Å². The van der Waals surface area contributed by atoms with Crippen LogP contribution in [0.5, 0.6) is 5.95 Å². The van der Waals surface area contributed by atoms with Gasteiger partial charge in [0.25, 0.3) is 5.95 Å². The van der Waals surface area contributed by atoms with E-state index in [2.05, 4.69) is 12.2 Å². The van der Waals surface area contributed by atoms with E-state index < -0.39 is 0 Å². The lowest BCUT2D eigenvalue weighted by molar-refractivity contribution is -0.141. The zero-order chi connectivity index (χ0) is 10.3. The second kappa shape index (κ2) is 3.26. The molecule has 3 heteroatoms. The van der Waals surface area contributed by atoms with Crippen LogP contribution in [-0.4, -0.2) is 5.97 Å². The molecule has 1 heterocycles. The first-order chi connectivity index (χ1) is 7.33. The Bertz CT molecular complexity index is 391. The molecular weight excluding hydrogens is 192 g/mol. The molecule has 3 rings (SSSR count). The number of hydrogen-bond donors (Lipinski definition) is 0. The summed E-state index contributed by atoms with van der Waals surface area (Å²) in [6.45, 7) is 0. The number of carbonyl (C=O) groups is 1. The van der Waals surface area contributed by atoms with Gasteiger partial charge in [0.1, 0.15) is 0 Å². The normalized spacial score (nSPS) is 32.1. The largest absolute Gasteiger partial charge is 0.434 e. The SMILES string of the molecule is O=C(Oc1ccco1)[C@H]1C[C@H]2C=C[C@H]1C2. The smallest absolute Gasteiger partial charge is 0.317 e. The van der Waals surface area contributed by atoms with Crippen molar-refractivity contribution < 1.29 is 13.9 Å². The van der Waals surface area contributed by atoms with Crippen molar-refractivity contribution in [1.82, 2.24) is 0 Å². The van der Waals surface area contributed by atoms with Crippen LogP contribution in [0.1, 0.15) is 12.8 Å². The van der Waals surface area contributed by atoms with Gasteiger partial charge in [-0.15, -0.1) is 0 Å². The molecule has 0 N–H and O–H groups in total. The molecule has 0 aromatic carbocycles. The molecule has 1 aromatic heterocycles. The molecule has 0 unspecified atom stereocenters. The number of allylic oxidation sites excluding steroid dienone is 2. The first-order valence-corrected chi connectivity index (χ1v) is 5.26. The molecule has 1 fully saturated rings. The highest BCUT2D eigenvalue weighted by Gasteiger charge is 2.41. The maximum absolute atomic E-state index is 11.8. The highest BCUT2D eigenvalue weighted by atomic mass is 16.6. The molecule has 15 heavy (non-hydrogen) atoms. The molecule has 1 aromatic rings. The van der Waals surface area contributed by atoms with Gasteiger partial charge >= 0.3 is 5.97 Å². The average molecular weight is 204 g/mol. The van der Waals surface area contributed by atoms with E-state index >= 15 is 0 Å². The van der Waals surface area contributed by atoms with Gasteiger partial charge in [0.2, 0.25) is 0 Å². The Kier molecular flexibility index (Phi) is 1.91. The van der Waals surface area contributed by atoms with E-state index in [0.717, 1.165) is 12.8 Å². The van der Waals surface area contributed by atoms with Crippen LogP contribution in [0.2, 0.25) is 0 Å². The molecule has 3 nitrogen and oxygen atoms in total. The summed E-state index contributed by atoms with van der Waals surface area (Å²) in [6, 6.07) is 3.37. The zero-order valence-corrected chi connectivity index (χ0v) is 8.26. The molecule has 2 aliphatic rings. The molecule has 2 aliphatic carbocycles. The number of furan rings is 1. The van der Waals surface area contributed by atoms with Gasteiger partial charge < -0.3 is 9.15 Å². The fourth-order valence-electron chi connectivity index (χ4n) is 2.55. The molecule has 0 amide bonds. The Hall–Kier alpha value is -1.51. The highest BCUT2D eigenvalue weighted by molar-refractivity contribution is 5.76. The summed E-state index contributed by atoms with van der Waals surface area (Å²) in [6.07, 6.45) is 7.89. The molecule has 0 aliphatic heterocycles. The second-order valence-corrected chi connectivity index (χ2v) is 4.24. The monoisotopic (exact) mass is 204 g/mol. The lowest BCUT2D eigenvalue weighted by Gasteiger charge is -2.14. The minimum absolute atomic E-state index is 0.0325. The number of carbonyl (C=O) groups excluding carboxylic acids is 1. The molecular formula is C12H12O3. The van der Waals surface area contributed by atoms with Crippen LogP contribution in [0.3, 0.4) is 0 Å². The van der Waals surface area contributed by atoms with E-state index in [9.17, 15) is 4.79 Å². The third kappa shape index (κ3) is 1.48. The summed E-state index contributed by atoms with van der Waals surface area (Å²) >= 11 is 0. The van der Waals surface area contributed by atoms with E-state index in [1.54, 1.807) is 12.1 Å². The van der Waals surface area contributed by atoms with E-state index in [1.807, 2.05) is 0 Å². The minimum atomic E-state index is -0.151. The van der Waals surface area contributed by atoms with Gasteiger partial charge in [0.05, 0.1) is 12.2 Å². The van der Waals surface area contributed by atoms with Crippen molar-refractivity contribution in [3.63, 3.8) is 0 Å². The predicted octanol–water partition coefficient (Wildman–Crippen LogP) is 2.40. The van der Waals surface area contributed by atoms with E-state index in [4.69, 9.17) is 9.15 Å². The Balaban J connectivity index is 1.68. The zero-order valence-electron chi connectivity index (χ0n) is 8.26. The quantitative estimate of drug-likeness (QED) is 0.548. The van der Waals surface area contributed by atoms with Crippen molar-refractivity contribution in [3.05, 3.63) is 30.5 Å². The van der Waals surface area contributed by atoms with Gasteiger partial charge in [0, 0.05) is 6.07 Å². The first kappa shape index (κ1) is 8.77. The van der Waals surface area contributed by atoms with Crippen LogP contribution >= 0.6 is 0 Å². The molecule has 0 spiro atoms. The van der Waals surface area contributed by atoms with Crippen molar-refractivity contribution in [2.45, 2.75) is 12.8 Å². The maximum atomic E-state index is 11.8. The van der Waals surface area contributed by atoms with Crippen LogP contribution in [-0.2, 0) is 4.79 Å². The molecule has 1 saturated carbocycles. The summed E-state index contributed by atoms with van der Waals surface area (Å²) in [7, 11) is 0. The van der Waals surface area contributed by atoms with E-state index in [-0.39, 0.29) is 11.9 Å². The standard InChI is InChI=1S/C12H12O3/c13-12(15-11-2-1-5-14-11)10-7-8-3-4-9(10)6-8/h1-5,8-10H,6-7H2/t8-,9-,10-/m0/s1. The molecule has 0 saturated heterocycles. The predicted molar refractivity (Wildman–Crippen MR) is 53.2 cm³/mol. The Labute approximate surface area is 87.7 Å². The molecule has 0 radical (unpaired) electrons. The minimum Gasteiger partial charge on any atom is -0.434 e. The van der Waals surface area contributed by atoms with Crippen LogP contribution in [0.15, 0.2) is 35.0 Å². The van der Waals surface area contributed by atoms with Crippen molar-refractivity contribution in [1.29, 1.82) is 0 Å². The van der Waals surface area contributed by atoms with Crippen molar-refractivity contribution in [2.75, 3.05) is 0 Å². The summed E-state index contributed by atoms with van der Waals surface area (Å²) in [5.41, 5.74) is 0. The Morgan fingerprint density at radius 1 is 1.40 bits per heavy atom. The van der Waals surface area contributed by atoms with Crippen LogP contribution in [0.4, 0.5) is 0 Å². The van der Waals surface area contributed by atoms with Crippen molar-refractivity contribution in [2.24, 2.45) is 17.8 Å². The first-order valence-electron chi connectivity index (χ1n) is 5.26. The number of hydrogen-bond acceptors (Lipinski definition) is 3. The van der Waals surface area contributed by atoms with Gasteiger partial charge in [-0.2, -0.15) is 0 Å². The van der Waals surface area contributed by atoms with Gasteiger partial charge in [-0.3, -0.25) is 4.79 Å². The highest BCUT2D eigenvalue weighted by Crippen LogP contribution is 2.43. The fourth-order valence-corrected chi connectivity index (χ4v) is 2.55. The molecule has 78 valence electrons.